The summed E-state index contributed by atoms with van der Waals surface area (Å²) < 4.78 is 10.6. The van der Waals surface area contributed by atoms with E-state index in [-0.39, 0.29) is 6.79 Å². The molecule has 0 aliphatic carbocycles. The molecule has 3 rings (SSSR count). The van der Waals surface area contributed by atoms with Gasteiger partial charge >= 0.3 is 6.03 Å². The predicted octanol–water partition coefficient (Wildman–Crippen LogP) is 2.26. The summed E-state index contributed by atoms with van der Waals surface area (Å²) in [7, 11) is 0. The van der Waals surface area contributed by atoms with Gasteiger partial charge in [-0.1, -0.05) is 26.3 Å². The van der Waals surface area contributed by atoms with Gasteiger partial charge in [-0.15, -0.1) is 0 Å². The molecule has 2 aliphatic heterocycles. The average Bonchev–Trinajstić information content (AvgIpc) is 3.11. The first-order valence-electron chi connectivity index (χ1n) is 9.13. The number of urea groups is 1. The van der Waals surface area contributed by atoms with E-state index in [2.05, 4.69) is 10.3 Å². The molecule has 0 unspecified atom stereocenters. The molecule has 4 amide bonds. The zero-order valence-electron chi connectivity index (χ0n) is 15.5. The molecule has 0 spiro atoms. The molecule has 1 aromatic carbocycles. The van der Waals surface area contributed by atoms with Crippen LogP contribution in [0.2, 0.25) is 0 Å². The number of carbonyl (C=O) groups excluding carboxylic acids is 3. The van der Waals surface area contributed by atoms with Crippen LogP contribution in [0, 0.1) is 5.92 Å². The molecule has 0 radical (unpaired) electrons. The van der Waals surface area contributed by atoms with E-state index in [0.29, 0.717) is 43.1 Å². The van der Waals surface area contributed by atoms with Crippen molar-refractivity contribution in [2.45, 2.75) is 39.7 Å². The van der Waals surface area contributed by atoms with Crippen LogP contribution in [0.4, 0.5) is 4.79 Å². The number of hydrogen-bond donors (Lipinski definition) is 1. The first-order valence-corrected chi connectivity index (χ1v) is 9.13. The number of fused-ring (bicyclic) bond motifs is 1. The molecule has 8 nitrogen and oxygen atoms in total. The van der Waals surface area contributed by atoms with Crippen molar-refractivity contribution in [2.75, 3.05) is 13.3 Å². The molecule has 144 valence electrons. The molecule has 0 bridgehead atoms. The van der Waals surface area contributed by atoms with E-state index in [9.17, 15) is 14.4 Å². The van der Waals surface area contributed by atoms with Gasteiger partial charge in [-0.2, -0.15) is 0 Å². The molecule has 0 saturated carbocycles. The molecule has 1 atom stereocenters. The largest absolute Gasteiger partial charge is 0.454 e. The summed E-state index contributed by atoms with van der Waals surface area (Å²) in [5.74, 6) is -0.819. The van der Waals surface area contributed by atoms with Crippen molar-refractivity contribution in [3.63, 3.8) is 0 Å². The third kappa shape index (κ3) is 3.94. The van der Waals surface area contributed by atoms with Crippen molar-refractivity contribution >= 4 is 23.6 Å². The highest BCUT2D eigenvalue weighted by molar-refractivity contribution is 6.27. The summed E-state index contributed by atoms with van der Waals surface area (Å²) in [6, 6.07) is 4.85. The second kappa shape index (κ2) is 8.20. The number of barbiturate groups is 1. The summed E-state index contributed by atoms with van der Waals surface area (Å²) in [5, 5.41) is 2.28. The van der Waals surface area contributed by atoms with Crippen LogP contribution >= 0.6 is 0 Å². The molecule has 1 aromatic rings. The summed E-state index contributed by atoms with van der Waals surface area (Å²) >= 11 is 0. The zero-order chi connectivity index (χ0) is 19.4. The smallest absolute Gasteiger partial charge is 0.330 e. The van der Waals surface area contributed by atoms with Gasteiger partial charge in [-0.05, 0) is 30.5 Å². The molecule has 2 heterocycles. The van der Waals surface area contributed by atoms with Crippen LogP contribution in [0.5, 0.6) is 11.5 Å². The van der Waals surface area contributed by atoms with Crippen LogP contribution < -0.4 is 14.8 Å². The van der Waals surface area contributed by atoms with Crippen molar-refractivity contribution in [1.82, 2.24) is 10.2 Å². The van der Waals surface area contributed by atoms with E-state index in [4.69, 9.17) is 9.47 Å². The van der Waals surface area contributed by atoms with Crippen LogP contribution in [0.3, 0.4) is 0 Å². The fourth-order valence-corrected chi connectivity index (χ4v) is 3.07. The van der Waals surface area contributed by atoms with Gasteiger partial charge in [0.05, 0.1) is 6.54 Å². The number of benzene rings is 1. The lowest BCUT2D eigenvalue weighted by molar-refractivity contribution is -0.139. The summed E-state index contributed by atoms with van der Waals surface area (Å²) in [6.45, 7) is 4.61. The van der Waals surface area contributed by atoms with Gasteiger partial charge in [0.25, 0.3) is 0 Å². The van der Waals surface area contributed by atoms with E-state index in [1.165, 1.54) is 0 Å². The summed E-state index contributed by atoms with van der Waals surface area (Å²) in [5.41, 5.74) is 1.34. The Balaban J connectivity index is 1.78. The SMILES string of the molecule is CCCCN1C(=O)NC(=O)[C@@H](C(CC)=NCc2ccc3c(c2)OCO3)C1=O. The fraction of sp³-hybridized carbons (Fsp3) is 0.474. The number of nitrogens with zero attached hydrogens (tertiary/aromatic N) is 2. The number of amides is 4. The Labute approximate surface area is 157 Å². The molecule has 2 aliphatic rings. The molecule has 0 aromatic heterocycles. The Hall–Kier alpha value is -2.90. The van der Waals surface area contributed by atoms with Gasteiger partial charge in [0, 0.05) is 12.3 Å². The average molecular weight is 373 g/mol. The second-order valence-corrected chi connectivity index (χ2v) is 6.42. The van der Waals surface area contributed by atoms with E-state index in [1.54, 1.807) is 0 Å². The Morgan fingerprint density at radius 2 is 2.00 bits per heavy atom. The number of imide groups is 2. The Morgan fingerprint density at radius 3 is 2.74 bits per heavy atom. The standard InChI is InChI=1S/C19H23N3O5/c1-3-5-8-22-18(24)16(17(23)21-19(22)25)13(4-2)20-10-12-6-7-14-15(9-12)27-11-26-14/h6-7,9,16H,3-5,8,10-11H2,1-2H3,(H,21,23,25)/t16-/m1/s1. The van der Waals surface area contributed by atoms with Crippen LogP contribution in [-0.2, 0) is 16.1 Å². The molecule has 8 heteroatoms. The maximum Gasteiger partial charge on any atom is 0.330 e. The van der Waals surface area contributed by atoms with E-state index >= 15 is 0 Å². The van der Waals surface area contributed by atoms with Crippen molar-refractivity contribution in [1.29, 1.82) is 0 Å². The van der Waals surface area contributed by atoms with Crippen molar-refractivity contribution in [3.05, 3.63) is 23.8 Å². The van der Waals surface area contributed by atoms with Gasteiger partial charge in [0.15, 0.2) is 17.4 Å². The molecule has 1 fully saturated rings. The van der Waals surface area contributed by atoms with E-state index in [0.717, 1.165) is 16.9 Å². The first kappa shape index (κ1) is 18.9. The van der Waals surface area contributed by atoms with Crippen LogP contribution in [0.25, 0.3) is 0 Å². The Kier molecular flexibility index (Phi) is 5.73. The van der Waals surface area contributed by atoms with Gasteiger partial charge in [-0.3, -0.25) is 24.8 Å². The van der Waals surface area contributed by atoms with Gasteiger partial charge in [0.2, 0.25) is 18.6 Å². The zero-order valence-corrected chi connectivity index (χ0v) is 15.5. The maximum atomic E-state index is 12.7. The Morgan fingerprint density at radius 1 is 1.22 bits per heavy atom. The highest BCUT2D eigenvalue weighted by Gasteiger charge is 2.42. The lowest BCUT2D eigenvalue weighted by Crippen LogP contribution is -2.60. The van der Waals surface area contributed by atoms with Crippen LogP contribution in [0.1, 0.15) is 38.7 Å². The van der Waals surface area contributed by atoms with E-state index < -0.39 is 23.8 Å². The summed E-state index contributed by atoms with van der Waals surface area (Å²) in [6.07, 6.45) is 1.97. The monoisotopic (exact) mass is 373 g/mol. The van der Waals surface area contributed by atoms with Crippen LogP contribution in [0.15, 0.2) is 23.2 Å². The highest BCUT2D eigenvalue weighted by atomic mass is 16.7. The number of nitrogens with one attached hydrogen (secondary N) is 1. The minimum atomic E-state index is -1.06. The summed E-state index contributed by atoms with van der Waals surface area (Å²) in [4.78, 5) is 42.6. The van der Waals surface area contributed by atoms with Crippen molar-refractivity contribution in [3.8, 4) is 11.5 Å². The first-order chi connectivity index (χ1) is 13.0. The molecule has 1 N–H and O–H groups in total. The normalized spacial score (nSPS) is 19.5. The number of unbranched alkanes of at least 4 members (excludes halogenated alkanes) is 1. The second-order valence-electron chi connectivity index (χ2n) is 6.42. The minimum absolute atomic E-state index is 0.195. The fourth-order valence-electron chi connectivity index (χ4n) is 3.07. The lowest BCUT2D eigenvalue weighted by atomic mass is 9.96. The third-order valence-corrected chi connectivity index (χ3v) is 4.58. The quantitative estimate of drug-likeness (QED) is 0.584. The Bertz CT molecular complexity index is 790. The molecular weight excluding hydrogens is 350 g/mol. The highest BCUT2D eigenvalue weighted by Crippen LogP contribution is 2.32. The van der Waals surface area contributed by atoms with Crippen LogP contribution in [-0.4, -0.2) is 41.8 Å². The van der Waals surface area contributed by atoms with Crippen molar-refractivity contribution < 1.29 is 23.9 Å². The maximum absolute atomic E-state index is 12.7. The number of carbonyl (C=O) groups is 3. The lowest BCUT2D eigenvalue weighted by Gasteiger charge is -2.30. The number of ether oxygens (including phenoxy) is 2. The van der Waals surface area contributed by atoms with Gasteiger partial charge in [-0.25, -0.2) is 4.79 Å². The third-order valence-electron chi connectivity index (χ3n) is 4.58. The number of aliphatic imine (C=N–C) groups is 1. The molecule has 27 heavy (non-hydrogen) atoms. The van der Waals surface area contributed by atoms with Gasteiger partial charge < -0.3 is 9.47 Å². The minimum Gasteiger partial charge on any atom is -0.454 e. The van der Waals surface area contributed by atoms with Crippen molar-refractivity contribution in [2.24, 2.45) is 10.9 Å². The molecular formula is C19H23N3O5. The number of hydrogen-bond acceptors (Lipinski definition) is 6. The number of rotatable bonds is 7. The van der Waals surface area contributed by atoms with E-state index in [1.807, 2.05) is 32.0 Å². The van der Waals surface area contributed by atoms with Gasteiger partial charge in [0.1, 0.15) is 0 Å². The molecule has 1 saturated heterocycles. The topological polar surface area (TPSA) is 97.3 Å². The predicted molar refractivity (Wildman–Crippen MR) is 97.6 cm³/mol.